The van der Waals surface area contributed by atoms with Gasteiger partial charge in [-0.3, -0.25) is 19.1 Å². The molecule has 4 fully saturated rings. The highest BCUT2D eigenvalue weighted by atomic mass is 32.2. The summed E-state index contributed by atoms with van der Waals surface area (Å²) >= 11 is 0. The van der Waals surface area contributed by atoms with Gasteiger partial charge in [0.15, 0.2) is 11.3 Å². The zero-order chi connectivity index (χ0) is 43.3. The van der Waals surface area contributed by atoms with Crippen LogP contribution < -0.4 is 24.8 Å². The summed E-state index contributed by atoms with van der Waals surface area (Å²) in [5.41, 5.74) is 0.809. The molecule has 0 radical (unpaired) electrons. The Labute approximate surface area is 358 Å². The Kier molecular flexibility index (Phi) is 11.3. The second-order valence-corrected chi connectivity index (χ2v) is 19.3. The second-order valence-electron chi connectivity index (χ2n) is 17.4. The Morgan fingerprint density at radius 1 is 1.00 bits per heavy atom. The minimum atomic E-state index is -3.94. The van der Waals surface area contributed by atoms with Gasteiger partial charge in [-0.15, -0.1) is 0 Å². The van der Waals surface area contributed by atoms with Crippen LogP contribution in [0.2, 0.25) is 0 Å². The van der Waals surface area contributed by atoms with Gasteiger partial charge >= 0.3 is 6.09 Å². The number of halogens is 1. The summed E-state index contributed by atoms with van der Waals surface area (Å²) in [6.07, 6.45) is 9.38. The molecule has 0 spiro atoms. The minimum Gasteiger partial charge on any atom is -0.493 e. The lowest BCUT2D eigenvalue weighted by molar-refractivity contribution is -0.141. The van der Waals surface area contributed by atoms with E-state index in [9.17, 15) is 27.6 Å². The third kappa shape index (κ3) is 8.15. The van der Waals surface area contributed by atoms with Crippen LogP contribution in [-0.4, -0.2) is 90.3 Å². The number of furan rings is 1. The van der Waals surface area contributed by atoms with Gasteiger partial charge < -0.3 is 34.2 Å². The van der Waals surface area contributed by atoms with Crippen LogP contribution in [-0.2, 0) is 29.1 Å². The van der Waals surface area contributed by atoms with E-state index in [1.54, 1.807) is 6.07 Å². The summed E-state index contributed by atoms with van der Waals surface area (Å²) in [5.74, 6) is -2.26. The highest BCUT2D eigenvalue weighted by Crippen LogP contribution is 2.47. The molecule has 3 N–H and O–H groups in total. The lowest BCUT2D eigenvalue weighted by Gasteiger charge is -2.30. The average Bonchev–Trinajstić information content (AvgIpc) is 4.05. The van der Waals surface area contributed by atoms with Crippen LogP contribution in [0.15, 0.2) is 46.9 Å². The molecule has 62 heavy (non-hydrogen) atoms. The molecule has 0 bridgehead atoms. The van der Waals surface area contributed by atoms with E-state index < -0.39 is 74.5 Å². The van der Waals surface area contributed by atoms with Crippen molar-refractivity contribution in [2.75, 3.05) is 13.2 Å². The predicted octanol–water partition coefficient (Wildman–Crippen LogP) is 6.37. The Bertz CT molecular complexity index is 2590. The average molecular weight is 874 g/mol. The molecule has 4 heterocycles. The molecule has 3 aliphatic carbocycles. The number of amides is 4. The monoisotopic (exact) mass is 873 g/mol. The molecule has 15 nitrogen and oxygen atoms in total. The quantitative estimate of drug-likeness (QED) is 0.158. The normalized spacial score (nSPS) is 26.6. The molecule has 3 saturated carbocycles. The predicted molar refractivity (Wildman–Crippen MR) is 226 cm³/mol. The Morgan fingerprint density at radius 2 is 1.79 bits per heavy atom. The Morgan fingerprint density at radius 3 is 2.56 bits per heavy atom. The van der Waals surface area contributed by atoms with Crippen molar-refractivity contribution >= 4 is 66.8 Å². The van der Waals surface area contributed by atoms with Gasteiger partial charge in [0.25, 0.3) is 5.91 Å². The number of carbonyl (C=O) groups is 4. The fraction of sp³-hybridized carbons (Fsp3) is 0.533. The van der Waals surface area contributed by atoms with Crippen molar-refractivity contribution in [2.24, 2.45) is 5.92 Å². The van der Waals surface area contributed by atoms with E-state index in [-0.39, 0.29) is 43.2 Å². The maximum absolute atomic E-state index is 15.0. The number of nitrogens with zero attached hydrogens (tertiary/aromatic N) is 2. The molecule has 17 heteroatoms. The van der Waals surface area contributed by atoms with E-state index in [0.29, 0.717) is 65.4 Å². The number of nitrogens with one attached hydrogen (secondary N) is 3. The van der Waals surface area contributed by atoms with Crippen LogP contribution in [0.4, 0.5) is 9.18 Å². The van der Waals surface area contributed by atoms with Crippen molar-refractivity contribution in [3.8, 4) is 11.5 Å². The largest absolute Gasteiger partial charge is 0.493 e. The molecule has 9 rings (SSSR count). The van der Waals surface area contributed by atoms with Crippen molar-refractivity contribution in [1.82, 2.24) is 25.2 Å². The van der Waals surface area contributed by atoms with Crippen molar-refractivity contribution in [3.05, 3.63) is 53.9 Å². The molecule has 0 unspecified atom stereocenters. The molecule has 2 aromatic heterocycles. The number of sulfonamides is 1. The second kappa shape index (κ2) is 16.7. The van der Waals surface area contributed by atoms with Crippen molar-refractivity contribution < 1.29 is 50.6 Å². The van der Waals surface area contributed by atoms with Crippen LogP contribution in [0, 0.1) is 18.7 Å². The van der Waals surface area contributed by atoms with Gasteiger partial charge in [0.1, 0.15) is 52.5 Å². The standard InChI is InChI=1S/C45H52FN5O10S/c1-3-58-36-20-18-31-37-40(61-38(31)25(36)2)39(32-21-27(46)15-19-33(32)47-37)59-29-22-35-41(52)49-45(43(54)50-62(56,57)30-16-17-30)23-26(45)11-7-5-4-6-8-14-34(42(53)51(35)24-29)48-44(55)60-28-12-9-10-13-28/h7,11,15,18-21,26,28-30,34-35H,3-6,8-10,12-14,16-17,22-24H2,1-2H3,(H,48,55)(H,49,52)(H,50,54)/b11-7-/t26-,29+,34-,35-,45+/m0/s1. The molecular formula is C45H52FN5O10S. The number of aromatic nitrogens is 1. The number of pyridine rings is 1. The number of allylic oxidation sites excluding steroid dienone is 1. The summed E-state index contributed by atoms with van der Waals surface area (Å²) in [7, 11) is -3.94. The number of carbonyl (C=O) groups excluding carboxylic acids is 4. The molecule has 5 aliphatic rings. The van der Waals surface area contributed by atoms with E-state index in [1.165, 1.54) is 17.0 Å². The first-order valence-electron chi connectivity index (χ1n) is 21.9. The van der Waals surface area contributed by atoms with E-state index >= 15 is 4.39 Å². The number of rotatable bonds is 9. The molecule has 1 saturated heterocycles. The molecule has 2 aromatic carbocycles. The first kappa shape index (κ1) is 41.9. The van der Waals surface area contributed by atoms with Crippen molar-refractivity contribution in [3.63, 3.8) is 0 Å². The fourth-order valence-electron chi connectivity index (χ4n) is 9.34. The van der Waals surface area contributed by atoms with E-state index in [0.717, 1.165) is 44.1 Å². The number of fused-ring (bicyclic) bond motifs is 6. The maximum Gasteiger partial charge on any atom is 0.408 e. The number of alkyl carbamates (subject to hydrolysis) is 1. The maximum atomic E-state index is 15.0. The molecule has 2 aliphatic heterocycles. The van der Waals surface area contributed by atoms with Crippen molar-refractivity contribution in [1.29, 1.82) is 0 Å². The molecule has 5 atom stereocenters. The van der Waals surface area contributed by atoms with Gasteiger partial charge in [0.05, 0.1) is 23.9 Å². The van der Waals surface area contributed by atoms with E-state index in [4.69, 9.17) is 23.6 Å². The zero-order valence-corrected chi connectivity index (χ0v) is 35.7. The first-order chi connectivity index (χ1) is 29.8. The lowest BCUT2D eigenvalue weighted by atomic mass is 10.0. The summed E-state index contributed by atoms with van der Waals surface area (Å²) in [4.78, 5) is 62.9. The third-order valence-electron chi connectivity index (χ3n) is 13.0. The number of aryl methyl sites for hydroxylation is 1. The van der Waals surface area contributed by atoms with Crippen LogP contribution in [0.1, 0.15) is 96.0 Å². The lowest BCUT2D eigenvalue weighted by Crippen LogP contribution is -2.58. The third-order valence-corrected chi connectivity index (χ3v) is 14.8. The van der Waals surface area contributed by atoms with Crippen LogP contribution >= 0.6 is 0 Å². The van der Waals surface area contributed by atoms with Gasteiger partial charge in [0.2, 0.25) is 21.8 Å². The summed E-state index contributed by atoms with van der Waals surface area (Å²) in [5, 5.41) is 6.03. The Hall–Kier alpha value is -5.45. The van der Waals surface area contributed by atoms with Crippen molar-refractivity contribution in [2.45, 2.75) is 132 Å². The summed E-state index contributed by atoms with van der Waals surface area (Å²) in [6.45, 7) is 4.06. The molecular weight excluding hydrogens is 822 g/mol. The van der Waals surface area contributed by atoms with Crippen LogP contribution in [0.5, 0.6) is 11.5 Å². The summed E-state index contributed by atoms with van der Waals surface area (Å²) < 4.78 is 68.0. The first-order valence-corrected chi connectivity index (χ1v) is 23.5. The summed E-state index contributed by atoms with van der Waals surface area (Å²) in [6, 6.07) is 5.55. The topological polar surface area (TPSA) is 195 Å². The Balaban J connectivity index is 1.08. The van der Waals surface area contributed by atoms with Gasteiger partial charge in [0, 0.05) is 28.7 Å². The molecule has 4 amide bonds. The number of hydrogen-bond donors (Lipinski definition) is 3. The smallest absolute Gasteiger partial charge is 0.408 e. The molecule has 4 aromatic rings. The number of hydrogen-bond acceptors (Lipinski definition) is 11. The minimum absolute atomic E-state index is 0.0657. The molecule has 330 valence electrons. The van der Waals surface area contributed by atoms with E-state index in [1.807, 2.05) is 38.1 Å². The van der Waals surface area contributed by atoms with Crippen LogP contribution in [0.25, 0.3) is 33.0 Å². The van der Waals surface area contributed by atoms with Gasteiger partial charge in [-0.05, 0) is 108 Å². The van der Waals surface area contributed by atoms with Gasteiger partial charge in [-0.25, -0.2) is 22.6 Å². The highest BCUT2D eigenvalue weighted by Gasteiger charge is 2.62. The van der Waals surface area contributed by atoms with Gasteiger partial charge in [-0.1, -0.05) is 25.0 Å². The van der Waals surface area contributed by atoms with Gasteiger partial charge in [-0.2, -0.15) is 0 Å². The number of benzene rings is 2. The fourth-order valence-corrected chi connectivity index (χ4v) is 10.7. The zero-order valence-electron chi connectivity index (χ0n) is 34.9. The SMILES string of the molecule is CCOc1ccc2c(oc3c(O[C@@H]4C[C@H]5C(=O)N[C@]6(C(=O)NS(=O)(=O)C7CC7)C[C@@H]6/C=C\CCCCC[C@H](NC(=O)OC6CCCC6)C(=O)N5C4)c4cc(F)ccc4nc32)c1C. The number of ether oxygens (including phenoxy) is 3. The highest BCUT2D eigenvalue weighted by molar-refractivity contribution is 7.91. The van der Waals surface area contributed by atoms with E-state index in [2.05, 4.69) is 15.4 Å². The van der Waals surface area contributed by atoms with Crippen LogP contribution in [0.3, 0.4) is 0 Å².